The Bertz CT molecular complexity index is 721. The van der Waals surface area contributed by atoms with Crippen LogP contribution in [-0.2, 0) is 19.1 Å². The maximum absolute atomic E-state index is 13.0. The Morgan fingerprint density at radius 2 is 1.56 bits per heavy atom. The monoisotopic (exact) mass is 386 g/mol. The summed E-state index contributed by atoms with van der Waals surface area (Å²) in [7, 11) is -1.28. The van der Waals surface area contributed by atoms with Gasteiger partial charge < -0.3 is 9.47 Å². The van der Waals surface area contributed by atoms with Crippen molar-refractivity contribution in [1.29, 1.82) is 0 Å². The van der Waals surface area contributed by atoms with E-state index in [9.17, 15) is 9.59 Å². The summed E-state index contributed by atoms with van der Waals surface area (Å²) in [5.41, 5.74) is 2.40. The van der Waals surface area contributed by atoms with Crippen LogP contribution >= 0.6 is 0 Å². The van der Waals surface area contributed by atoms with E-state index in [1.54, 1.807) is 6.08 Å². The van der Waals surface area contributed by atoms with E-state index in [0.29, 0.717) is 6.61 Å². The first-order valence-electron chi connectivity index (χ1n) is 9.86. The molecule has 1 fully saturated rings. The zero-order valence-electron chi connectivity index (χ0n) is 16.6. The third-order valence-electron chi connectivity index (χ3n) is 5.82. The van der Waals surface area contributed by atoms with Crippen molar-refractivity contribution in [2.45, 2.75) is 50.4 Å². The van der Waals surface area contributed by atoms with Crippen LogP contribution < -0.4 is 0 Å². The van der Waals surface area contributed by atoms with E-state index in [2.05, 4.69) is 38.4 Å². The van der Waals surface area contributed by atoms with Crippen molar-refractivity contribution in [2.75, 3.05) is 13.2 Å². The first-order valence-corrected chi connectivity index (χ1v) is 13.6. The van der Waals surface area contributed by atoms with Gasteiger partial charge in [-0.15, -0.1) is 0 Å². The molecular weight excluding hydrogens is 356 g/mol. The molecule has 27 heavy (non-hydrogen) atoms. The van der Waals surface area contributed by atoms with Gasteiger partial charge in [-0.05, 0) is 41.8 Å². The summed E-state index contributed by atoms with van der Waals surface area (Å²) >= 11 is 0. The predicted octanol–water partition coefficient (Wildman–Crippen LogP) is 4.50. The van der Waals surface area contributed by atoms with Gasteiger partial charge >= 0.3 is 11.9 Å². The number of benzene rings is 1. The molecule has 3 aliphatic carbocycles. The lowest BCUT2D eigenvalue weighted by Crippen LogP contribution is -2.47. The van der Waals surface area contributed by atoms with Crippen LogP contribution in [0.1, 0.15) is 35.8 Å². The molecule has 146 valence electrons. The number of hydrogen-bond acceptors (Lipinski definition) is 4. The lowest BCUT2D eigenvalue weighted by atomic mass is 9.56. The lowest BCUT2D eigenvalue weighted by molar-refractivity contribution is -0.165. The minimum atomic E-state index is -1.28. The van der Waals surface area contributed by atoms with Crippen LogP contribution in [0.5, 0.6) is 0 Å². The van der Waals surface area contributed by atoms with Crippen LogP contribution in [0.3, 0.4) is 0 Å². The number of rotatable bonds is 7. The highest BCUT2D eigenvalue weighted by atomic mass is 28.3. The molecule has 4 nitrogen and oxygen atoms in total. The largest absolute Gasteiger partial charge is 0.466 e. The maximum atomic E-state index is 13.0. The molecule has 4 unspecified atom stereocenters. The summed E-state index contributed by atoms with van der Waals surface area (Å²) in [6, 6.07) is 9.14. The Labute approximate surface area is 163 Å². The van der Waals surface area contributed by atoms with Crippen molar-refractivity contribution >= 4 is 20.0 Å². The highest BCUT2D eigenvalue weighted by Crippen LogP contribution is 2.56. The number of carbonyl (C=O) groups excluding carboxylic acids is 2. The molecule has 0 spiro atoms. The van der Waals surface area contributed by atoms with Crippen LogP contribution in [-0.4, -0.2) is 33.2 Å². The fraction of sp³-hybridized carbons (Fsp3) is 0.545. The zero-order chi connectivity index (χ0) is 19.6. The smallest absolute Gasteiger partial charge is 0.310 e. The van der Waals surface area contributed by atoms with Crippen molar-refractivity contribution in [1.82, 2.24) is 0 Å². The molecule has 0 radical (unpaired) electrons. The highest BCUT2D eigenvalue weighted by Gasteiger charge is 2.54. The first-order chi connectivity index (χ1) is 12.8. The van der Waals surface area contributed by atoms with E-state index in [1.165, 1.54) is 11.1 Å². The van der Waals surface area contributed by atoms with E-state index >= 15 is 0 Å². The molecule has 2 bridgehead atoms. The van der Waals surface area contributed by atoms with Gasteiger partial charge in [-0.1, -0.05) is 56.6 Å². The first kappa shape index (κ1) is 19.9. The van der Waals surface area contributed by atoms with Gasteiger partial charge in [-0.3, -0.25) is 9.59 Å². The molecule has 5 heteroatoms. The molecule has 0 N–H and O–H groups in total. The van der Waals surface area contributed by atoms with E-state index < -0.39 is 19.9 Å². The van der Waals surface area contributed by atoms with Gasteiger partial charge in [-0.2, -0.15) is 0 Å². The van der Waals surface area contributed by atoms with E-state index in [1.807, 2.05) is 12.1 Å². The quantitative estimate of drug-likeness (QED) is 0.393. The Hall–Kier alpha value is -1.88. The summed E-state index contributed by atoms with van der Waals surface area (Å²) < 4.78 is 11.1. The fourth-order valence-corrected chi connectivity index (χ4v) is 5.23. The highest BCUT2D eigenvalue weighted by molar-refractivity contribution is 6.76. The Kier molecular flexibility index (Phi) is 5.89. The number of esters is 2. The second kappa shape index (κ2) is 8.01. The molecule has 1 saturated carbocycles. The van der Waals surface area contributed by atoms with Gasteiger partial charge in [0.25, 0.3) is 0 Å². The number of fused-ring (bicyclic) bond motifs is 2. The molecule has 1 aromatic carbocycles. The molecule has 0 amide bonds. The molecule has 0 aromatic heterocycles. The third-order valence-corrected chi connectivity index (χ3v) is 7.53. The normalized spacial score (nSPS) is 26.2. The molecule has 1 aromatic rings. The van der Waals surface area contributed by atoms with E-state index in [0.717, 1.165) is 18.9 Å². The van der Waals surface area contributed by atoms with Crippen molar-refractivity contribution in [3.63, 3.8) is 0 Å². The van der Waals surface area contributed by atoms with Crippen LogP contribution in [0, 0.1) is 11.8 Å². The molecular formula is C22H30O4Si. The second-order valence-electron chi connectivity index (χ2n) is 8.87. The van der Waals surface area contributed by atoms with Gasteiger partial charge in [0.15, 0.2) is 0 Å². The topological polar surface area (TPSA) is 52.6 Å². The lowest BCUT2D eigenvalue weighted by Gasteiger charge is -2.47. The molecule has 3 aliphatic rings. The van der Waals surface area contributed by atoms with Crippen LogP contribution in [0.25, 0.3) is 0 Å². The van der Waals surface area contributed by atoms with Crippen molar-refractivity contribution in [3.05, 3.63) is 48.0 Å². The zero-order valence-corrected chi connectivity index (χ0v) is 17.6. The number of ether oxygens (including phenoxy) is 2. The fourth-order valence-electron chi connectivity index (χ4n) is 4.52. The molecule has 4 rings (SSSR count). The standard InChI is InChI=1S/C22H30O4Si/c1-5-12-25-21(23)19-17-10-11-18(16-9-7-6-8-15(16)17)20(19)22(24)26-13-14-27(2,3)4/h5-9,17-20H,1,10-14H2,2-4H3. The van der Waals surface area contributed by atoms with Crippen molar-refractivity contribution in [3.8, 4) is 0 Å². The van der Waals surface area contributed by atoms with Crippen molar-refractivity contribution in [2.24, 2.45) is 11.8 Å². The number of hydrogen-bond donors (Lipinski definition) is 0. The van der Waals surface area contributed by atoms with Gasteiger partial charge in [0, 0.05) is 8.07 Å². The van der Waals surface area contributed by atoms with E-state index in [4.69, 9.17) is 9.47 Å². The summed E-state index contributed by atoms with van der Waals surface area (Å²) in [5, 5.41) is 0. The average Bonchev–Trinajstić information content (AvgIpc) is 2.64. The average molecular weight is 387 g/mol. The SMILES string of the molecule is C=CCOC(=O)C1C2CCC(c3ccccc32)C1C(=O)OCC[Si](C)(C)C. The predicted molar refractivity (Wildman–Crippen MR) is 108 cm³/mol. The van der Waals surface area contributed by atoms with Gasteiger partial charge in [0.05, 0.1) is 18.4 Å². The number of carbonyl (C=O) groups is 2. The van der Waals surface area contributed by atoms with Crippen molar-refractivity contribution < 1.29 is 19.1 Å². The Morgan fingerprint density at radius 1 is 1.04 bits per heavy atom. The Morgan fingerprint density at radius 3 is 2.04 bits per heavy atom. The van der Waals surface area contributed by atoms with Gasteiger partial charge in [0.2, 0.25) is 0 Å². The molecule has 0 saturated heterocycles. The van der Waals surface area contributed by atoms with Crippen LogP contribution in [0.4, 0.5) is 0 Å². The molecule has 0 heterocycles. The van der Waals surface area contributed by atoms with E-state index in [-0.39, 0.29) is 30.4 Å². The third kappa shape index (κ3) is 4.18. The molecule has 0 aliphatic heterocycles. The minimum absolute atomic E-state index is 0.0260. The summed E-state index contributed by atoms with van der Waals surface area (Å²) in [4.78, 5) is 25.9. The minimum Gasteiger partial charge on any atom is -0.466 e. The second-order valence-corrected chi connectivity index (χ2v) is 14.5. The summed E-state index contributed by atoms with van der Waals surface area (Å²) in [5.74, 6) is -1.38. The van der Waals surface area contributed by atoms with Crippen LogP contribution in [0.2, 0.25) is 25.7 Å². The maximum Gasteiger partial charge on any atom is 0.310 e. The molecule has 4 atom stereocenters. The Balaban J connectivity index is 1.86. The van der Waals surface area contributed by atoms with Crippen LogP contribution in [0.15, 0.2) is 36.9 Å². The van der Waals surface area contributed by atoms with Gasteiger partial charge in [0.1, 0.15) is 6.61 Å². The summed E-state index contributed by atoms with van der Waals surface area (Å²) in [6.07, 6.45) is 3.39. The summed E-state index contributed by atoms with van der Waals surface area (Å²) in [6.45, 7) is 11.0. The van der Waals surface area contributed by atoms with Gasteiger partial charge in [-0.25, -0.2) is 0 Å².